The van der Waals surface area contributed by atoms with Gasteiger partial charge in [-0.2, -0.15) is 0 Å². The van der Waals surface area contributed by atoms with Crippen LogP contribution in [0.5, 0.6) is 5.75 Å². The number of aliphatic hydroxyl groups excluding tert-OH is 1. The largest absolute Gasteiger partial charge is 0.488 e. The van der Waals surface area contributed by atoms with Crippen LogP contribution >= 0.6 is 23.2 Å². The highest BCUT2D eigenvalue weighted by Crippen LogP contribution is 2.30. The maximum Gasteiger partial charge on any atom is 0.227 e. The van der Waals surface area contributed by atoms with E-state index in [9.17, 15) is 9.90 Å². The maximum atomic E-state index is 13.3. The van der Waals surface area contributed by atoms with Gasteiger partial charge in [0.05, 0.1) is 29.1 Å². The van der Waals surface area contributed by atoms with E-state index in [-0.39, 0.29) is 37.0 Å². The van der Waals surface area contributed by atoms with Crippen molar-refractivity contribution >= 4 is 34.8 Å². The molecule has 1 aliphatic heterocycles. The number of nitrogens with zero attached hydrogens (tertiary/aromatic N) is 3. The van der Waals surface area contributed by atoms with Crippen LogP contribution in [0.3, 0.4) is 0 Å². The van der Waals surface area contributed by atoms with Gasteiger partial charge in [-0.25, -0.2) is 0 Å². The normalized spacial score (nSPS) is 19.7. The van der Waals surface area contributed by atoms with Crippen LogP contribution in [-0.4, -0.2) is 73.8 Å². The van der Waals surface area contributed by atoms with Crippen LogP contribution in [0.2, 0.25) is 10.0 Å². The molecule has 0 aromatic heterocycles. The van der Waals surface area contributed by atoms with Gasteiger partial charge >= 0.3 is 0 Å². The molecule has 8 heteroatoms. The van der Waals surface area contributed by atoms with E-state index in [1.165, 1.54) is 0 Å². The summed E-state index contributed by atoms with van der Waals surface area (Å²) in [5, 5.41) is 10.9. The van der Waals surface area contributed by atoms with E-state index in [4.69, 9.17) is 27.9 Å². The van der Waals surface area contributed by atoms with Gasteiger partial charge in [0, 0.05) is 50.9 Å². The molecule has 0 aliphatic carbocycles. The molecule has 3 atom stereocenters. The number of hydrogen-bond acceptors (Lipinski definition) is 5. The summed E-state index contributed by atoms with van der Waals surface area (Å²) in [6.07, 6.45) is 0.0796. The van der Waals surface area contributed by atoms with Gasteiger partial charge in [-0.05, 0) is 49.9 Å². The van der Waals surface area contributed by atoms with E-state index >= 15 is 0 Å². The molecule has 2 aromatic rings. The lowest BCUT2D eigenvalue weighted by atomic mass is 10.0. The smallest absolute Gasteiger partial charge is 0.227 e. The van der Waals surface area contributed by atoms with Gasteiger partial charge in [-0.1, -0.05) is 36.2 Å². The highest BCUT2D eigenvalue weighted by atomic mass is 35.5. The lowest BCUT2D eigenvalue weighted by Crippen LogP contribution is -2.47. The second-order valence-electron chi connectivity index (χ2n) is 9.52. The Hall–Kier alpha value is -1.99. The number of benzene rings is 2. The highest BCUT2D eigenvalue weighted by molar-refractivity contribution is 6.42. The Morgan fingerprint density at radius 3 is 2.53 bits per heavy atom. The van der Waals surface area contributed by atoms with Gasteiger partial charge in [-0.3, -0.25) is 9.69 Å². The van der Waals surface area contributed by atoms with Crippen LogP contribution in [0.15, 0.2) is 36.4 Å². The SMILES string of the molecule is C[C@@H]1CN([C@@H](C)CO)C(=O)Cc2cc(N(C)C)ccc2O[C@@H]1CN(C)Cc1ccc(Cl)c(Cl)c1. The highest BCUT2D eigenvalue weighted by Gasteiger charge is 2.31. The Bertz CT molecular complexity index is 1000. The van der Waals surface area contributed by atoms with Crippen LogP contribution in [-0.2, 0) is 17.8 Å². The fourth-order valence-electron chi connectivity index (χ4n) is 4.23. The Kier molecular flexibility index (Phi) is 9.10. The van der Waals surface area contributed by atoms with Gasteiger partial charge in [-0.15, -0.1) is 0 Å². The number of carbonyl (C=O) groups excluding carboxylic acids is 1. The molecule has 3 rings (SSSR count). The van der Waals surface area contributed by atoms with Crippen molar-refractivity contribution < 1.29 is 14.6 Å². The van der Waals surface area contributed by atoms with Crippen LogP contribution in [0.1, 0.15) is 25.0 Å². The van der Waals surface area contributed by atoms with Crippen molar-refractivity contribution in [3.63, 3.8) is 0 Å². The minimum absolute atomic E-state index is 0.000957. The number of aliphatic hydroxyl groups is 1. The monoisotopic (exact) mass is 507 g/mol. The molecule has 0 bridgehead atoms. The third kappa shape index (κ3) is 6.57. The average molecular weight is 508 g/mol. The molecule has 0 unspecified atom stereocenters. The van der Waals surface area contributed by atoms with Gasteiger partial charge in [0.1, 0.15) is 11.9 Å². The molecule has 186 valence electrons. The summed E-state index contributed by atoms with van der Waals surface area (Å²) >= 11 is 12.3. The zero-order valence-corrected chi connectivity index (χ0v) is 22.1. The van der Waals surface area contributed by atoms with Crippen molar-refractivity contribution in [3.05, 3.63) is 57.6 Å². The van der Waals surface area contributed by atoms with E-state index in [1.54, 1.807) is 4.90 Å². The first-order valence-electron chi connectivity index (χ1n) is 11.6. The Balaban J connectivity index is 1.89. The number of hydrogen-bond donors (Lipinski definition) is 1. The van der Waals surface area contributed by atoms with Crippen molar-refractivity contribution in [2.45, 2.75) is 39.0 Å². The van der Waals surface area contributed by atoms with Crippen LogP contribution < -0.4 is 9.64 Å². The zero-order valence-electron chi connectivity index (χ0n) is 20.6. The fourth-order valence-corrected chi connectivity index (χ4v) is 4.55. The molecular formula is C26H35Cl2N3O3. The molecule has 34 heavy (non-hydrogen) atoms. The van der Waals surface area contributed by atoms with Crippen molar-refractivity contribution in [1.29, 1.82) is 0 Å². The van der Waals surface area contributed by atoms with E-state index < -0.39 is 0 Å². The standard InChI is InChI=1S/C26H35Cl2N3O3/c1-17-13-31(18(2)16-32)26(33)12-20-11-21(29(3)4)7-9-24(20)34-25(17)15-30(5)14-19-6-8-22(27)23(28)10-19/h6-11,17-18,25,32H,12-16H2,1-5H3/t17-,18+,25-/m1/s1. The summed E-state index contributed by atoms with van der Waals surface area (Å²) in [5.41, 5.74) is 2.93. The Labute approximate surface area is 213 Å². The van der Waals surface area contributed by atoms with Crippen LogP contribution in [0.25, 0.3) is 0 Å². The Morgan fingerprint density at radius 1 is 1.15 bits per heavy atom. The number of carbonyl (C=O) groups is 1. The third-order valence-electron chi connectivity index (χ3n) is 6.34. The summed E-state index contributed by atoms with van der Waals surface area (Å²) in [7, 11) is 5.99. The number of halogens is 2. The van der Waals surface area contributed by atoms with Gasteiger partial charge < -0.3 is 19.6 Å². The third-order valence-corrected chi connectivity index (χ3v) is 7.08. The van der Waals surface area contributed by atoms with Crippen molar-refractivity contribution in [1.82, 2.24) is 9.80 Å². The molecule has 2 aromatic carbocycles. The Morgan fingerprint density at radius 2 is 1.88 bits per heavy atom. The van der Waals surface area contributed by atoms with E-state index in [2.05, 4.69) is 11.8 Å². The first-order valence-corrected chi connectivity index (χ1v) is 12.3. The topological polar surface area (TPSA) is 56.3 Å². The second-order valence-corrected chi connectivity index (χ2v) is 10.3. The van der Waals surface area contributed by atoms with E-state index in [1.807, 2.05) is 69.4 Å². The summed E-state index contributed by atoms with van der Waals surface area (Å²) in [4.78, 5) is 19.2. The lowest BCUT2D eigenvalue weighted by molar-refractivity contribution is -0.134. The average Bonchev–Trinajstić information content (AvgIpc) is 2.83. The second kappa shape index (κ2) is 11.6. The fraction of sp³-hybridized carbons (Fsp3) is 0.500. The molecule has 1 aliphatic rings. The predicted octanol–water partition coefficient (Wildman–Crippen LogP) is 4.34. The molecule has 0 fully saturated rings. The quantitative estimate of drug-likeness (QED) is 0.603. The number of anilines is 1. The number of ether oxygens (including phenoxy) is 1. The molecule has 0 saturated heterocycles. The molecule has 6 nitrogen and oxygen atoms in total. The van der Waals surface area contributed by atoms with E-state index in [0.717, 1.165) is 22.6 Å². The minimum Gasteiger partial charge on any atom is -0.488 e. The van der Waals surface area contributed by atoms with Crippen molar-refractivity contribution in [2.24, 2.45) is 5.92 Å². The molecule has 0 radical (unpaired) electrons. The summed E-state index contributed by atoms with van der Waals surface area (Å²) in [6.45, 7) is 5.76. The summed E-state index contributed by atoms with van der Waals surface area (Å²) in [6, 6.07) is 11.4. The number of fused-ring (bicyclic) bond motifs is 1. The molecule has 0 spiro atoms. The summed E-state index contributed by atoms with van der Waals surface area (Å²) in [5.74, 6) is 0.782. The molecule has 1 N–H and O–H groups in total. The minimum atomic E-state index is -0.261. The first-order chi connectivity index (χ1) is 16.1. The zero-order chi connectivity index (χ0) is 25.0. The van der Waals surface area contributed by atoms with Crippen LogP contribution in [0, 0.1) is 5.92 Å². The number of amides is 1. The van der Waals surface area contributed by atoms with Crippen LogP contribution in [0.4, 0.5) is 5.69 Å². The first kappa shape index (κ1) is 26.6. The summed E-state index contributed by atoms with van der Waals surface area (Å²) < 4.78 is 6.58. The maximum absolute atomic E-state index is 13.3. The predicted molar refractivity (Wildman–Crippen MR) is 139 cm³/mol. The number of rotatable bonds is 7. The van der Waals surface area contributed by atoms with Crippen molar-refractivity contribution in [2.75, 3.05) is 45.7 Å². The lowest BCUT2D eigenvalue weighted by Gasteiger charge is -2.34. The number of likely N-dealkylation sites (N-methyl/N-ethyl adjacent to an activating group) is 1. The molecule has 1 heterocycles. The van der Waals surface area contributed by atoms with Crippen molar-refractivity contribution in [3.8, 4) is 5.75 Å². The molecule has 1 amide bonds. The van der Waals surface area contributed by atoms with Gasteiger partial charge in [0.25, 0.3) is 0 Å². The van der Waals surface area contributed by atoms with Gasteiger partial charge in [0.2, 0.25) is 5.91 Å². The van der Waals surface area contributed by atoms with E-state index in [0.29, 0.717) is 29.7 Å². The van der Waals surface area contributed by atoms with Gasteiger partial charge in [0.15, 0.2) is 0 Å². The molecule has 0 saturated carbocycles. The molecular weight excluding hydrogens is 473 g/mol.